The van der Waals surface area contributed by atoms with Gasteiger partial charge in [0.15, 0.2) is 0 Å². The summed E-state index contributed by atoms with van der Waals surface area (Å²) in [6.45, 7) is 1.73. The lowest BCUT2D eigenvalue weighted by Gasteiger charge is -1.94. The van der Waals surface area contributed by atoms with Crippen molar-refractivity contribution in [3.63, 3.8) is 0 Å². The average Bonchev–Trinajstić information content (AvgIpc) is 2.78. The maximum Gasteiger partial charge on any atom is 0.269 e. The van der Waals surface area contributed by atoms with E-state index in [1.807, 2.05) is 0 Å². The highest BCUT2D eigenvalue weighted by Gasteiger charge is 2.12. The minimum atomic E-state index is -0.465. The number of aromatic nitrogens is 2. The van der Waals surface area contributed by atoms with Gasteiger partial charge in [0, 0.05) is 17.7 Å². The van der Waals surface area contributed by atoms with E-state index in [9.17, 15) is 10.1 Å². The van der Waals surface area contributed by atoms with Crippen LogP contribution in [0.1, 0.15) is 18.9 Å². The summed E-state index contributed by atoms with van der Waals surface area (Å²) in [5.41, 5.74) is 6.25. The average molecular weight is 234 g/mol. The molecule has 2 rings (SSSR count). The van der Waals surface area contributed by atoms with Crippen LogP contribution in [0, 0.1) is 10.1 Å². The van der Waals surface area contributed by atoms with E-state index in [1.54, 1.807) is 19.1 Å². The summed E-state index contributed by atoms with van der Waals surface area (Å²) < 4.78 is 4.94. The Balaban J connectivity index is 2.30. The normalized spacial score (nSPS) is 12.4. The van der Waals surface area contributed by atoms with Crippen LogP contribution in [0.25, 0.3) is 11.4 Å². The number of benzene rings is 1. The van der Waals surface area contributed by atoms with E-state index < -0.39 is 4.92 Å². The Labute approximate surface area is 96.4 Å². The molecule has 7 heteroatoms. The predicted octanol–water partition coefficient (Wildman–Crippen LogP) is 1.66. The first-order valence-corrected chi connectivity index (χ1v) is 4.92. The van der Waals surface area contributed by atoms with Crippen LogP contribution < -0.4 is 5.73 Å². The highest BCUT2D eigenvalue weighted by atomic mass is 16.6. The van der Waals surface area contributed by atoms with Crippen molar-refractivity contribution in [1.82, 2.24) is 10.1 Å². The smallest absolute Gasteiger partial charge is 0.269 e. The molecule has 0 saturated heterocycles. The largest absolute Gasteiger partial charge is 0.337 e. The SMILES string of the molecule is CC(N)c1nc(-c2ccc([N+](=O)[O-])cc2)no1. The van der Waals surface area contributed by atoms with Crippen molar-refractivity contribution in [3.8, 4) is 11.4 Å². The van der Waals surface area contributed by atoms with Gasteiger partial charge in [-0.3, -0.25) is 10.1 Å². The predicted molar refractivity (Wildman–Crippen MR) is 59.0 cm³/mol. The van der Waals surface area contributed by atoms with Gasteiger partial charge in [-0.05, 0) is 19.1 Å². The fourth-order valence-corrected chi connectivity index (χ4v) is 1.27. The van der Waals surface area contributed by atoms with Crippen LogP contribution in [0.4, 0.5) is 5.69 Å². The van der Waals surface area contributed by atoms with Gasteiger partial charge in [0.1, 0.15) is 0 Å². The number of rotatable bonds is 3. The van der Waals surface area contributed by atoms with Gasteiger partial charge in [-0.15, -0.1) is 0 Å². The maximum absolute atomic E-state index is 10.5. The van der Waals surface area contributed by atoms with Gasteiger partial charge in [-0.2, -0.15) is 4.98 Å². The molecule has 0 spiro atoms. The molecule has 88 valence electrons. The van der Waals surface area contributed by atoms with Crippen molar-refractivity contribution in [2.24, 2.45) is 5.73 Å². The van der Waals surface area contributed by atoms with Gasteiger partial charge in [-0.25, -0.2) is 0 Å². The zero-order valence-electron chi connectivity index (χ0n) is 9.03. The quantitative estimate of drug-likeness (QED) is 0.639. The number of hydrogen-bond donors (Lipinski definition) is 1. The second-order valence-electron chi connectivity index (χ2n) is 3.55. The molecule has 1 atom stereocenters. The van der Waals surface area contributed by atoms with E-state index in [2.05, 4.69) is 10.1 Å². The Bertz CT molecular complexity index is 533. The van der Waals surface area contributed by atoms with E-state index in [4.69, 9.17) is 10.3 Å². The Morgan fingerprint density at radius 2 is 2.06 bits per heavy atom. The number of non-ortho nitro benzene ring substituents is 1. The van der Waals surface area contributed by atoms with Gasteiger partial charge >= 0.3 is 0 Å². The molecule has 0 aliphatic carbocycles. The molecule has 0 aliphatic rings. The lowest BCUT2D eigenvalue weighted by Crippen LogP contribution is -2.04. The van der Waals surface area contributed by atoms with Crippen molar-refractivity contribution < 1.29 is 9.45 Å². The second-order valence-corrected chi connectivity index (χ2v) is 3.55. The van der Waals surface area contributed by atoms with Crippen LogP contribution in [0.5, 0.6) is 0 Å². The van der Waals surface area contributed by atoms with Crippen molar-refractivity contribution >= 4 is 5.69 Å². The highest BCUT2D eigenvalue weighted by molar-refractivity contribution is 5.56. The molecule has 7 nitrogen and oxygen atoms in total. The lowest BCUT2D eigenvalue weighted by molar-refractivity contribution is -0.384. The molecule has 1 unspecified atom stereocenters. The van der Waals surface area contributed by atoms with E-state index in [0.717, 1.165) is 0 Å². The van der Waals surface area contributed by atoms with Crippen molar-refractivity contribution in [1.29, 1.82) is 0 Å². The standard InChI is InChI=1S/C10H10N4O3/c1-6(11)10-12-9(13-17-10)7-2-4-8(5-3-7)14(15)16/h2-6H,11H2,1H3. The molecule has 1 heterocycles. The molecule has 2 aromatic rings. The first kappa shape index (κ1) is 11.2. The third-order valence-corrected chi connectivity index (χ3v) is 2.17. The molecule has 0 amide bonds. The third kappa shape index (κ3) is 2.28. The first-order chi connectivity index (χ1) is 8.08. The van der Waals surface area contributed by atoms with Gasteiger partial charge in [0.25, 0.3) is 5.69 Å². The summed E-state index contributed by atoms with van der Waals surface area (Å²) in [6, 6.07) is 5.56. The van der Waals surface area contributed by atoms with Gasteiger partial charge in [0.05, 0.1) is 11.0 Å². The van der Waals surface area contributed by atoms with Crippen LogP contribution in [0.2, 0.25) is 0 Å². The van der Waals surface area contributed by atoms with Crippen molar-refractivity contribution in [2.45, 2.75) is 13.0 Å². The number of nitrogens with zero attached hydrogens (tertiary/aromatic N) is 3. The van der Waals surface area contributed by atoms with Crippen LogP contribution >= 0.6 is 0 Å². The summed E-state index contributed by atoms with van der Waals surface area (Å²) in [5, 5.41) is 14.2. The molecular weight excluding hydrogens is 224 g/mol. The maximum atomic E-state index is 10.5. The monoisotopic (exact) mass is 234 g/mol. The topological polar surface area (TPSA) is 108 Å². The lowest BCUT2D eigenvalue weighted by atomic mass is 10.2. The molecule has 0 saturated carbocycles. The Hall–Kier alpha value is -2.28. The van der Waals surface area contributed by atoms with Crippen LogP contribution in [-0.2, 0) is 0 Å². The summed E-state index contributed by atoms with van der Waals surface area (Å²) in [4.78, 5) is 14.1. The van der Waals surface area contributed by atoms with Crippen molar-refractivity contribution in [2.75, 3.05) is 0 Å². The third-order valence-electron chi connectivity index (χ3n) is 2.17. The molecule has 1 aromatic carbocycles. The van der Waals surface area contributed by atoms with E-state index in [0.29, 0.717) is 17.3 Å². The Morgan fingerprint density at radius 1 is 1.41 bits per heavy atom. The highest BCUT2D eigenvalue weighted by Crippen LogP contribution is 2.20. The minimum absolute atomic E-state index is 0.0182. The fraction of sp³-hybridized carbons (Fsp3) is 0.200. The first-order valence-electron chi connectivity index (χ1n) is 4.92. The zero-order valence-corrected chi connectivity index (χ0v) is 9.03. The van der Waals surface area contributed by atoms with E-state index in [-0.39, 0.29) is 11.7 Å². The molecule has 2 N–H and O–H groups in total. The molecule has 17 heavy (non-hydrogen) atoms. The van der Waals surface area contributed by atoms with E-state index >= 15 is 0 Å². The van der Waals surface area contributed by atoms with Gasteiger partial charge in [-0.1, -0.05) is 5.16 Å². The van der Waals surface area contributed by atoms with Crippen LogP contribution in [0.15, 0.2) is 28.8 Å². The summed E-state index contributed by atoms with van der Waals surface area (Å²) in [5.74, 6) is 0.700. The molecule has 0 bridgehead atoms. The zero-order chi connectivity index (χ0) is 12.4. The van der Waals surface area contributed by atoms with E-state index in [1.165, 1.54) is 12.1 Å². The molecular formula is C10H10N4O3. The summed E-state index contributed by atoms with van der Waals surface area (Å²) >= 11 is 0. The molecule has 1 aromatic heterocycles. The molecule has 0 aliphatic heterocycles. The number of nitrogens with two attached hydrogens (primary N) is 1. The van der Waals surface area contributed by atoms with Crippen LogP contribution in [0.3, 0.4) is 0 Å². The van der Waals surface area contributed by atoms with Crippen molar-refractivity contribution in [3.05, 3.63) is 40.3 Å². The molecule has 0 radical (unpaired) electrons. The van der Waals surface area contributed by atoms with Gasteiger partial charge < -0.3 is 10.3 Å². The summed E-state index contributed by atoms with van der Waals surface area (Å²) in [6.07, 6.45) is 0. The Kier molecular flexibility index (Phi) is 2.84. The number of nitro benzene ring substituents is 1. The minimum Gasteiger partial charge on any atom is -0.337 e. The number of hydrogen-bond acceptors (Lipinski definition) is 6. The molecule has 0 fully saturated rings. The second kappa shape index (κ2) is 4.30. The fourth-order valence-electron chi connectivity index (χ4n) is 1.27. The summed E-state index contributed by atoms with van der Waals surface area (Å²) in [7, 11) is 0. The van der Waals surface area contributed by atoms with Gasteiger partial charge in [0.2, 0.25) is 11.7 Å². The van der Waals surface area contributed by atoms with Crippen LogP contribution in [-0.4, -0.2) is 15.1 Å². The number of nitro groups is 1. The Morgan fingerprint density at radius 3 is 2.53 bits per heavy atom.